The van der Waals surface area contributed by atoms with E-state index in [0.29, 0.717) is 13.2 Å². The zero-order valence-electron chi connectivity index (χ0n) is 10.2. The molecule has 0 bridgehead atoms. The maximum atomic E-state index is 12.2. The molecule has 2 rings (SSSR count). The Bertz CT molecular complexity index is 547. The van der Waals surface area contributed by atoms with E-state index in [9.17, 15) is 13.2 Å². The smallest absolute Gasteiger partial charge is 0.305 e. The Balaban J connectivity index is 2.10. The van der Waals surface area contributed by atoms with E-state index in [1.165, 1.54) is 17.1 Å². The Morgan fingerprint density at radius 2 is 2.26 bits per heavy atom. The summed E-state index contributed by atoms with van der Waals surface area (Å²) in [7, 11) is -3.70. The van der Waals surface area contributed by atoms with Crippen LogP contribution in [0.25, 0.3) is 0 Å². The number of aryl methyl sites for hydroxylation is 1. The monoisotopic (exact) mass is 289 g/mol. The van der Waals surface area contributed by atoms with Crippen LogP contribution >= 0.6 is 0 Å². The highest BCUT2D eigenvalue weighted by Gasteiger charge is 2.28. The Hall–Kier alpha value is -1.45. The predicted octanol–water partition coefficient (Wildman–Crippen LogP) is 0.0739. The summed E-state index contributed by atoms with van der Waals surface area (Å²) < 4.78 is 26.6. The van der Waals surface area contributed by atoms with Crippen molar-refractivity contribution in [2.45, 2.75) is 30.7 Å². The van der Waals surface area contributed by atoms with Crippen LogP contribution < -0.4 is 0 Å². The number of aromatic nitrogens is 2. The molecule has 0 aromatic carbocycles. The van der Waals surface area contributed by atoms with Gasteiger partial charge in [0.15, 0.2) is 0 Å². The van der Waals surface area contributed by atoms with Crippen molar-refractivity contribution in [2.75, 3.05) is 13.2 Å². The summed E-state index contributed by atoms with van der Waals surface area (Å²) in [5.74, 6) is -0.959. The second-order valence-corrected chi connectivity index (χ2v) is 5.98. The van der Waals surface area contributed by atoms with Crippen molar-refractivity contribution in [3.8, 4) is 0 Å². The van der Waals surface area contributed by atoms with E-state index < -0.39 is 16.0 Å². The molecule has 9 heteroatoms. The number of carboxylic acids is 1. The third-order valence-electron chi connectivity index (χ3n) is 2.70. The van der Waals surface area contributed by atoms with Gasteiger partial charge in [-0.3, -0.25) is 14.3 Å². The lowest BCUT2D eigenvalue weighted by Gasteiger charge is -2.24. The fraction of sp³-hybridized carbons (Fsp3) is 0.600. The zero-order chi connectivity index (χ0) is 13.9. The van der Waals surface area contributed by atoms with E-state index in [1.54, 1.807) is 0 Å². The Kier molecular flexibility index (Phi) is 4.17. The molecule has 1 aromatic heterocycles. The third-order valence-corrected chi connectivity index (χ3v) is 4.33. The molecule has 0 spiro atoms. The minimum atomic E-state index is -3.70. The SMILES string of the molecule is O=C(O)CCn1cc(S(=O)(=O)N2CCCCO2)cn1. The van der Waals surface area contributed by atoms with Gasteiger partial charge in [0.2, 0.25) is 0 Å². The maximum Gasteiger partial charge on any atom is 0.305 e. The highest BCUT2D eigenvalue weighted by Crippen LogP contribution is 2.19. The van der Waals surface area contributed by atoms with Gasteiger partial charge in [0.1, 0.15) is 4.90 Å². The number of sulfonamides is 1. The van der Waals surface area contributed by atoms with Gasteiger partial charge in [-0.25, -0.2) is 8.42 Å². The lowest BCUT2D eigenvalue weighted by atomic mass is 10.3. The van der Waals surface area contributed by atoms with Crippen molar-refractivity contribution in [3.05, 3.63) is 12.4 Å². The molecular weight excluding hydrogens is 274 g/mol. The molecule has 19 heavy (non-hydrogen) atoms. The standard InChI is InChI=1S/C10H15N3O5S/c14-10(15)3-5-12-8-9(7-11-12)19(16,17)13-4-1-2-6-18-13/h7-8H,1-6H2,(H,14,15). The van der Waals surface area contributed by atoms with Crippen LogP contribution in [0.3, 0.4) is 0 Å². The zero-order valence-corrected chi connectivity index (χ0v) is 11.0. The van der Waals surface area contributed by atoms with Gasteiger partial charge in [0.05, 0.1) is 25.8 Å². The van der Waals surface area contributed by atoms with Gasteiger partial charge < -0.3 is 5.11 Å². The van der Waals surface area contributed by atoms with Crippen LogP contribution in [0.1, 0.15) is 19.3 Å². The number of carbonyl (C=O) groups is 1. The average Bonchev–Trinajstić information content (AvgIpc) is 2.87. The number of hydrogen-bond donors (Lipinski definition) is 1. The second kappa shape index (κ2) is 5.68. The quantitative estimate of drug-likeness (QED) is 0.823. The highest BCUT2D eigenvalue weighted by atomic mass is 32.2. The van der Waals surface area contributed by atoms with E-state index in [4.69, 9.17) is 9.94 Å². The summed E-state index contributed by atoms with van der Waals surface area (Å²) in [5.41, 5.74) is 0. The molecule has 0 aliphatic carbocycles. The van der Waals surface area contributed by atoms with Crippen LogP contribution in [0.4, 0.5) is 0 Å². The predicted molar refractivity (Wildman–Crippen MR) is 63.6 cm³/mol. The number of rotatable bonds is 5. The lowest BCUT2D eigenvalue weighted by molar-refractivity contribution is -0.137. The summed E-state index contributed by atoms with van der Waals surface area (Å²) >= 11 is 0. The fourth-order valence-corrected chi connectivity index (χ4v) is 2.94. The van der Waals surface area contributed by atoms with Crippen molar-refractivity contribution in [3.63, 3.8) is 0 Å². The second-order valence-electron chi connectivity index (χ2n) is 4.15. The van der Waals surface area contributed by atoms with Gasteiger partial charge in [-0.1, -0.05) is 4.47 Å². The minimum absolute atomic E-state index is 0.0137. The summed E-state index contributed by atoms with van der Waals surface area (Å²) in [5, 5.41) is 12.4. The third kappa shape index (κ3) is 3.31. The molecule has 0 unspecified atom stereocenters. The van der Waals surface area contributed by atoms with Crippen molar-refractivity contribution in [1.29, 1.82) is 0 Å². The number of hydroxylamine groups is 1. The van der Waals surface area contributed by atoms with Gasteiger partial charge in [-0.2, -0.15) is 5.10 Å². The van der Waals surface area contributed by atoms with Crippen molar-refractivity contribution in [1.82, 2.24) is 14.2 Å². The molecule has 1 N–H and O–H groups in total. The number of hydrogen-bond acceptors (Lipinski definition) is 5. The topological polar surface area (TPSA) is 102 Å². The molecule has 8 nitrogen and oxygen atoms in total. The number of aliphatic carboxylic acids is 1. The minimum Gasteiger partial charge on any atom is -0.481 e. The molecule has 1 fully saturated rings. The molecule has 2 heterocycles. The number of carboxylic acid groups (broad SMARTS) is 1. The van der Waals surface area contributed by atoms with Gasteiger partial charge in [0, 0.05) is 12.7 Å². The molecular formula is C10H15N3O5S. The van der Waals surface area contributed by atoms with Crippen LogP contribution in [0.2, 0.25) is 0 Å². The van der Waals surface area contributed by atoms with E-state index in [1.807, 2.05) is 0 Å². The van der Waals surface area contributed by atoms with Crippen LogP contribution in [0.5, 0.6) is 0 Å². The first-order valence-electron chi connectivity index (χ1n) is 5.90. The summed E-state index contributed by atoms with van der Waals surface area (Å²) in [6, 6.07) is 0. The van der Waals surface area contributed by atoms with E-state index in [0.717, 1.165) is 17.3 Å². The van der Waals surface area contributed by atoms with Crippen LogP contribution in [-0.4, -0.2) is 46.9 Å². The van der Waals surface area contributed by atoms with Crippen LogP contribution in [0.15, 0.2) is 17.3 Å². The van der Waals surface area contributed by atoms with Gasteiger partial charge >= 0.3 is 5.97 Å². The first kappa shape index (κ1) is 14.0. The van der Waals surface area contributed by atoms with E-state index in [2.05, 4.69) is 5.10 Å². The van der Waals surface area contributed by atoms with Gasteiger partial charge in [-0.05, 0) is 12.8 Å². The molecule has 1 aliphatic heterocycles. The van der Waals surface area contributed by atoms with Crippen LogP contribution in [0, 0.1) is 0 Å². The summed E-state index contributed by atoms with van der Waals surface area (Å²) in [6.07, 6.45) is 4.00. The highest BCUT2D eigenvalue weighted by molar-refractivity contribution is 7.89. The molecule has 1 aromatic rings. The van der Waals surface area contributed by atoms with Gasteiger partial charge in [-0.15, -0.1) is 0 Å². The maximum absolute atomic E-state index is 12.2. The molecule has 0 saturated carbocycles. The molecule has 0 radical (unpaired) electrons. The first-order chi connectivity index (χ1) is 9.00. The summed E-state index contributed by atoms with van der Waals surface area (Å²) in [6.45, 7) is 0.834. The van der Waals surface area contributed by atoms with Crippen LogP contribution in [-0.2, 0) is 26.2 Å². The van der Waals surface area contributed by atoms with E-state index in [-0.39, 0.29) is 17.9 Å². The Morgan fingerprint density at radius 3 is 2.89 bits per heavy atom. The van der Waals surface area contributed by atoms with Crippen molar-refractivity contribution in [2.24, 2.45) is 0 Å². The lowest BCUT2D eigenvalue weighted by Crippen LogP contribution is -2.35. The average molecular weight is 289 g/mol. The Morgan fingerprint density at radius 1 is 1.47 bits per heavy atom. The Labute approximate surface area is 110 Å². The first-order valence-corrected chi connectivity index (χ1v) is 7.34. The molecule has 0 amide bonds. The normalized spacial score (nSPS) is 17.5. The fourth-order valence-electron chi connectivity index (χ4n) is 1.69. The van der Waals surface area contributed by atoms with Gasteiger partial charge in [0.25, 0.3) is 10.0 Å². The molecule has 1 aliphatic rings. The summed E-state index contributed by atoms with van der Waals surface area (Å²) in [4.78, 5) is 15.6. The molecule has 1 saturated heterocycles. The van der Waals surface area contributed by atoms with E-state index >= 15 is 0 Å². The van der Waals surface area contributed by atoms with Crippen molar-refractivity contribution >= 4 is 16.0 Å². The van der Waals surface area contributed by atoms with Crippen molar-refractivity contribution < 1.29 is 23.2 Å². The number of nitrogens with zero attached hydrogens (tertiary/aromatic N) is 3. The molecule has 106 valence electrons. The largest absolute Gasteiger partial charge is 0.481 e. The molecule has 0 atom stereocenters.